The summed E-state index contributed by atoms with van der Waals surface area (Å²) < 4.78 is 43.2. The van der Waals surface area contributed by atoms with Gasteiger partial charge >= 0.3 is 12.2 Å². The average molecular weight is 363 g/mol. The third-order valence-electron chi connectivity index (χ3n) is 3.11. The van der Waals surface area contributed by atoms with Crippen molar-refractivity contribution in [1.82, 2.24) is 10.3 Å². The predicted molar refractivity (Wildman–Crippen MR) is 90.7 cm³/mol. The Morgan fingerprint density at radius 3 is 2.73 bits per heavy atom. The number of urea groups is 1. The van der Waals surface area contributed by atoms with E-state index in [1.807, 2.05) is 13.0 Å². The molecule has 2 aromatic rings. The van der Waals surface area contributed by atoms with Crippen molar-refractivity contribution in [2.24, 2.45) is 0 Å². The Morgan fingerprint density at radius 2 is 2.04 bits per heavy atom. The first-order chi connectivity index (χ1) is 12.3. The van der Waals surface area contributed by atoms with E-state index in [-0.39, 0.29) is 18.8 Å². The van der Waals surface area contributed by atoms with Crippen LogP contribution in [0.2, 0.25) is 0 Å². The number of hydrogen-bond donors (Lipinski definition) is 2. The first-order valence-corrected chi connectivity index (χ1v) is 7.58. The van der Waals surface area contributed by atoms with Crippen LogP contribution in [0, 0.1) is 18.8 Å². The Morgan fingerprint density at radius 1 is 1.23 bits per heavy atom. The number of ether oxygens (including phenoxy) is 1. The zero-order valence-electron chi connectivity index (χ0n) is 13.9. The van der Waals surface area contributed by atoms with E-state index in [1.54, 1.807) is 12.3 Å². The zero-order valence-corrected chi connectivity index (χ0v) is 13.9. The number of anilines is 1. The van der Waals surface area contributed by atoms with Gasteiger partial charge in [0.25, 0.3) is 0 Å². The molecular weight excluding hydrogens is 347 g/mol. The summed E-state index contributed by atoms with van der Waals surface area (Å²) in [4.78, 5) is 15.7. The quantitative estimate of drug-likeness (QED) is 0.816. The molecule has 0 atom stereocenters. The largest absolute Gasteiger partial charge is 0.479 e. The molecule has 0 unspecified atom stereocenters. The highest BCUT2D eigenvalue weighted by atomic mass is 19.4. The summed E-state index contributed by atoms with van der Waals surface area (Å²) in [6.07, 6.45) is -2.88. The summed E-state index contributed by atoms with van der Waals surface area (Å²) >= 11 is 0. The first-order valence-electron chi connectivity index (χ1n) is 7.58. The van der Waals surface area contributed by atoms with Gasteiger partial charge in [-0.2, -0.15) is 13.2 Å². The number of pyridine rings is 1. The van der Waals surface area contributed by atoms with Crippen molar-refractivity contribution < 1.29 is 22.7 Å². The van der Waals surface area contributed by atoms with Crippen molar-refractivity contribution in [3.63, 3.8) is 0 Å². The number of nitrogens with zero attached hydrogens (tertiary/aromatic N) is 1. The molecule has 0 aliphatic carbocycles. The molecule has 2 rings (SSSR count). The molecule has 0 saturated heterocycles. The van der Waals surface area contributed by atoms with Crippen molar-refractivity contribution in [3.05, 3.63) is 53.9 Å². The number of amides is 2. The molecule has 0 fully saturated rings. The van der Waals surface area contributed by atoms with E-state index in [4.69, 9.17) is 4.74 Å². The number of nitrogens with one attached hydrogen (secondary N) is 2. The average Bonchev–Trinajstić information content (AvgIpc) is 2.59. The molecule has 26 heavy (non-hydrogen) atoms. The number of alkyl halides is 3. The molecule has 1 heterocycles. The van der Waals surface area contributed by atoms with Gasteiger partial charge in [-0.25, -0.2) is 4.79 Å². The van der Waals surface area contributed by atoms with E-state index in [9.17, 15) is 18.0 Å². The number of carbonyl (C=O) groups is 1. The Labute approximate surface area is 148 Å². The van der Waals surface area contributed by atoms with E-state index in [0.29, 0.717) is 5.75 Å². The highest BCUT2D eigenvalue weighted by Crippen LogP contribution is 2.30. The summed E-state index contributed by atoms with van der Waals surface area (Å²) in [5.74, 6) is 5.96. The number of benzene rings is 1. The number of hydrogen-bond acceptors (Lipinski definition) is 3. The normalized spacial score (nSPS) is 10.5. The maximum Gasteiger partial charge on any atom is 0.416 e. The molecule has 136 valence electrons. The van der Waals surface area contributed by atoms with Crippen molar-refractivity contribution in [2.75, 3.05) is 18.5 Å². The highest BCUT2D eigenvalue weighted by molar-refractivity contribution is 5.89. The molecule has 0 radical (unpaired) electrons. The molecule has 1 aromatic heterocycles. The summed E-state index contributed by atoms with van der Waals surface area (Å²) in [5.41, 5.74) is 0.0812. The van der Waals surface area contributed by atoms with Crippen LogP contribution < -0.4 is 15.4 Å². The lowest BCUT2D eigenvalue weighted by atomic mass is 10.2. The minimum Gasteiger partial charge on any atom is -0.479 e. The summed E-state index contributed by atoms with van der Waals surface area (Å²) in [6, 6.07) is 7.29. The topological polar surface area (TPSA) is 63.2 Å². The molecule has 0 saturated carbocycles. The van der Waals surface area contributed by atoms with Crippen LogP contribution in [0.4, 0.5) is 23.7 Å². The van der Waals surface area contributed by atoms with Crippen molar-refractivity contribution >= 4 is 11.7 Å². The van der Waals surface area contributed by atoms with Crippen LogP contribution in [-0.4, -0.2) is 24.2 Å². The Balaban J connectivity index is 1.73. The van der Waals surface area contributed by atoms with Gasteiger partial charge in [-0.1, -0.05) is 17.9 Å². The van der Waals surface area contributed by atoms with Crippen LogP contribution in [-0.2, 0) is 6.18 Å². The van der Waals surface area contributed by atoms with E-state index in [1.165, 1.54) is 12.1 Å². The number of rotatable bonds is 4. The molecule has 0 bridgehead atoms. The van der Waals surface area contributed by atoms with E-state index in [2.05, 4.69) is 27.5 Å². The van der Waals surface area contributed by atoms with Gasteiger partial charge in [-0.3, -0.25) is 4.98 Å². The van der Waals surface area contributed by atoms with Crippen LogP contribution in [0.5, 0.6) is 5.75 Å². The lowest BCUT2D eigenvalue weighted by Crippen LogP contribution is -2.29. The van der Waals surface area contributed by atoms with Crippen LogP contribution in [0.1, 0.15) is 11.3 Å². The minimum atomic E-state index is -4.47. The van der Waals surface area contributed by atoms with Gasteiger partial charge in [-0.05, 0) is 37.3 Å². The van der Waals surface area contributed by atoms with Gasteiger partial charge in [0.15, 0.2) is 0 Å². The molecule has 2 N–H and O–H groups in total. The second kappa shape index (κ2) is 8.76. The monoisotopic (exact) mass is 363 g/mol. The second-order valence-corrected chi connectivity index (χ2v) is 5.16. The van der Waals surface area contributed by atoms with Crippen molar-refractivity contribution in [2.45, 2.75) is 13.1 Å². The molecule has 2 amide bonds. The molecule has 0 aliphatic rings. The summed E-state index contributed by atoms with van der Waals surface area (Å²) in [7, 11) is 0. The Bertz CT molecular complexity index is 809. The van der Waals surface area contributed by atoms with Crippen LogP contribution in [0.15, 0.2) is 42.6 Å². The standard InChI is InChI=1S/C18H16F3N3O2/c1-13-7-8-16(12-23-13)26-10-3-2-9-22-17(25)24-15-6-4-5-14(11-15)18(19,20)21/h4-8,11-12H,9-10H2,1H3,(H2,22,24,25). The first kappa shape index (κ1) is 19.1. The van der Waals surface area contributed by atoms with Crippen LogP contribution >= 0.6 is 0 Å². The molecule has 8 heteroatoms. The van der Waals surface area contributed by atoms with Gasteiger partial charge in [-0.15, -0.1) is 0 Å². The fraction of sp³-hybridized carbons (Fsp3) is 0.222. The van der Waals surface area contributed by atoms with Gasteiger partial charge in [0.1, 0.15) is 12.4 Å². The number of halogens is 3. The molecular formula is C18H16F3N3O2. The molecule has 5 nitrogen and oxygen atoms in total. The minimum absolute atomic E-state index is 0.0281. The van der Waals surface area contributed by atoms with E-state index < -0.39 is 17.8 Å². The van der Waals surface area contributed by atoms with E-state index in [0.717, 1.165) is 17.8 Å². The van der Waals surface area contributed by atoms with Crippen molar-refractivity contribution in [3.8, 4) is 17.6 Å². The zero-order chi connectivity index (χ0) is 19.0. The Hall–Kier alpha value is -3.21. The third kappa shape index (κ3) is 6.36. The lowest BCUT2D eigenvalue weighted by Gasteiger charge is -2.09. The van der Waals surface area contributed by atoms with Gasteiger partial charge in [0.05, 0.1) is 18.3 Å². The fourth-order valence-corrected chi connectivity index (χ4v) is 1.85. The highest BCUT2D eigenvalue weighted by Gasteiger charge is 2.30. The molecule has 1 aromatic carbocycles. The second-order valence-electron chi connectivity index (χ2n) is 5.16. The SMILES string of the molecule is Cc1ccc(OCC#CCNC(=O)Nc2cccc(C(F)(F)F)c2)cn1. The summed E-state index contributed by atoms with van der Waals surface area (Å²) in [6.45, 7) is 2.02. The summed E-state index contributed by atoms with van der Waals surface area (Å²) in [5, 5.41) is 4.74. The fourth-order valence-electron chi connectivity index (χ4n) is 1.85. The van der Waals surface area contributed by atoms with E-state index >= 15 is 0 Å². The lowest BCUT2D eigenvalue weighted by molar-refractivity contribution is -0.137. The predicted octanol–water partition coefficient (Wildman–Crippen LogP) is 3.61. The molecule has 0 spiro atoms. The number of aromatic nitrogens is 1. The molecule has 0 aliphatic heterocycles. The van der Waals surface area contributed by atoms with Gasteiger partial charge in [0, 0.05) is 11.4 Å². The van der Waals surface area contributed by atoms with Crippen LogP contribution in [0.25, 0.3) is 0 Å². The number of aryl methyl sites for hydroxylation is 1. The number of carbonyl (C=O) groups excluding carboxylic acids is 1. The maximum absolute atomic E-state index is 12.6. The smallest absolute Gasteiger partial charge is 0.416 e. The van der Waals surface area contributed by atoms with Crippen LogP contribution in [0.3, 0.4) is 0 Å². The van der Waals surface area contributed by atoms with Gasteiger partial charge in [0.2, 0.25) is 0 Å². The Kier molecular flexibility index (Phi) is 6.44. The van der Waals surface area contributed by atoms with Gasteiger partial charge < -0.3 is 15.4 Å². The maximum atomic E-state index is 12.6. The third-order valence-corrected chi connectivity index (χ3v) is 3.11. The van der Waals surface area contributed by atoms with Crippen molar-refractivity contribution in [1.29, 1.82) is 0 Å².